The predicted molar refractivity (Wildman–Crippen MR) is 175 cm³/mol. The molecule has 0 bridgehead atoms. The fraction of sp³-hybridized carbons (Fsp3) is 0.355. The van der Waals surface area contributed by atoms with Crippen LogP contribution in [0.5, 0.6) is 5.75 Å². The van der Waals surface area contributed by atoms with Gasteiger partial charge in [-0.15, -0.1) is 0 Å². The van der Waals surface area contributed by atoms with Crippen molar-refractivity contribution in [2.45, 2.75) is 27.6 Å². The highest BCUT2D eigenvalue weighted by molar-refractivity contribution is 7.99. The predicted octanol–water partition coefficient (Wildman–Crippen LogP) is 4.22. The molecule has 2 aromatic carbocycles. The lowest BCUT2D eigenvalue weighted by atomic mass is 10.1. The molecule has 5 rings (SSSR count). The van der Waals surface area contributed by atoms with E-state index in [1.165, 1.54) is 37.4 Å². The fourth-order valence-corrected chi connectivity index (χ4v) is 7.12. The summed E-state index contributed by atoms with van der Waals surface area (Å²) in [5.41, 5.74) is 0.395. The summed E-state index contributed by atoms with van der Waals surface area (Å²) in [6, 6.07) is 10.9. The van der Waals surface area contributed by atoms with Gasteiger partial charge in [0.15, 0.2) is 32.4 Å². The molecule has 16 heteroatoms. The standard InChI is InChI=1S/C31H35F2N9O3S2/c1-20-16-26(39-38-20)35-29-28(45-4)30(42-14-12-41(13-15-42)11-10-40(2)3)37-31(36-29)46-25-9-8-23(17-24(25)32)47(43,44)19-22-7-5-6-21(18-34)27(22)33/h5-9,16-17H,10-15,19H2,1-4H3,(H2,35,36,37,38,39). The normalized spacial score (nSPS) is 14.0. The average Bonchev–Trinajstić information content (AvgIpc) is 3.46. The molecule has 1 fully saturated rings. The molecule has 0 spiro atoms. The van der Waals surface area contributed by atoms with Crippen LogP contribution in [-0.4, -0.2) is 98.9 Å². The van der Waals surface area contributed by atoms with Crippen LogP contribution in [0, 0.1) is 29.9 Å². The van der Waals surface area contributed by atoms with Crippen molar-refractivity contribution < 1.29 is 21.9 Å². The molecule has 47 heavy (non-hydrogen) atoms. The van der Waals surface area contributed by atoms with Crippen molar-refractivity contribution in [1.29, 1.82) is 5.26 Å². The first-order valence-corrected chi connectivity index (χ1v) is 17.2. The van der Waals surface area contributed by atoms with Crippen LogP contribution in [0.1, 0.15) is 16.8 Å². The molecule has 1 aliphatic heterocycles. The van der Waals surface area contributed by atoms with Gasteiger partial charge < -0.3 is 19.9 Å². The molecule has 0 atom stereocenters. The number of nitrogens with zero attached hydrogens (tertiary/aromatic N) is 7. The fourth-order valence-electron chi connectivity index (χ4n) is 5.00. The third-order valence-corrected chi connectivity index (χ3v) is 10.1. The lowest BCUT2D eigenvalue weighted by Gasteiger charge is -2.36. The Morgan fingerprint density at radius 3 is 2.53 bits per heavy atom. The van der Waals surface area contributed by atoms with Gasteiger partial charge in [0, 0.05) is 56.6 Å². The second-order valence-corrected chi connectivity index (χ2v) is 14.2. The monoisotopic (exact) mass is 683 g/mol. The van der Waals surface area contributed by atoms with E-state index >= 15 is 4.39 Å². The summed E-state index contributed by atoms with van der Waals surface area (Å²) >= 11 is 0.930. The van der Waals surface area contributed by atoms with Crippen molar-refractivity contribution in [3.05, 3.63) is 70.9 Å². The van der Waals surface area contributed by atoms with Crippen molar-refractivity contribution >= 4 is 39.1 Å². The molecule has 4 aromatic rings. The third kappa shape index (κ3) is 8.17. The lowest BCUT2D eigenvalue weighted by Crippen LogP contribution is -2.48. The van der Waals surface area contributed by atoms with Gasteiger partial charge in [0.2, 0.25) is 5.75 Å². The number of rotatable bonds is 12. The molecule has 0 saturated carbocycles. The van der Waals surface area contributed by atoms with Crippen LogP contribution in [0.2, 0.25) is 0 Å². The first kappa shape index (κ1) is 34.0. The summed E-state index contributed by atoms with van der Waals surface area (Å²) < 4.78 is 62.0. The number of ether oxygens (including phenoxy) is 1. The molecule has 1 aliphatic rings. The quantitative estimate of drug-likeness (QED) is 0.207. The van der Waals surface area contributed by atoms with E-state index in [0.717, 1.165) is 49.7 Å². The Bertz CT molecular complexity index is 1890. The number of hydrogen-bond donors (Lipinski definition) is 2. The van der Waals surface area contributed by atoms with E-state index in [0.29, 0.717) is 36.3 Å². The van der Waals surface area contributed by atoms with Crippen molar-refractivity contribution in [1.82, 2.24) is 30.0 Å². The topological polar surface area (TPSA) is 143 Å². The van der Waals surface area contributed by atoms with Gasteiger partial charge in [-0.2, -0.15) is 10.4 Å². The second kappa shape index (κ2) is 14.6. The number of anilines is 3. The molecule has 2 aromatic heterocycles. The number of aromatic amines is 1. The third-order valence-electron chi connectivity index (χ3n) is 7.53. The zero-order valence-corrected chi connectivity index (χ0v) is 28.1. The van der Waals surface area contributed by atoms with E-state index in [1.54, 1.807) is 12.1 Å². The van der Waals surface area contributed by atoms with Gasteiger partial charge in [-0.1, -0.05) is 12.1 Å². The summed E-state index contributed by atoms with van der Waals surface area (Å²) in [4.78, 5) is 15.8. The Morgan fingerprint density at radius 1 is 1.13 bits per heavy atom. The number of methoxy groups -OCH3 is 1. The largest absolute Gasteiger partial charge is 0.490 e. The molecule has 248 valence electrons. The van der Waals surface area contributed by atoms with Crippen LogP contribution in [0.15, 0.2) is 57.4 Å². The van der Waals surface area contributed by atoms with E-state index in [4.69, 9.17) is 15.0 Å². The number of H-pyrrole nitrogens is 1. The number of halogens is 2. The highest BCUT2D eigenvalue weighted by Gasteiger charge is 2.26. The van der Waals surface area contributed by atoms with E-state index in [9.17, 15) is 12.8 Å². The average molecular weight is 684 g/mol. The van der Waals surface area contributed by atoms with Gasteiger partial charge in [-0.05, 0) is 57.0 Å². The van der Waals surface area contributed by atoms with Crippen molar-refractivity contribution in [2.75, 3.05) is 70.7 Å². The van der Waals surface area contributed by atoms with E-state index in [-0.39, 0.29) is 26.1 Å². The first-order valence-electron chi connectivity index (χ1n) is 14.7. The van der Waals surface area contributed by atoms with Crippen LogP contribution in [0.25, 0.3) is 0 Å². The van der Waals surface area contributed by atoms with Gasteiger partial charge in [-0.3, -0.25) is 10.00 Å². The van der Waals surface area contributed by atoms with Crippen LogP contribution in [0.4, 0.5) is 26.2 Å². The molecule has 0 aliphatic carbocycles. The minimum atomic E-state index is -4.14. The number of piperazine rings is 1. The maximum Gasteiger partial charge on any atom is 0.204 e. The minimum absolute atomic E-state index is 0.0905. The van der Waals surface area contributed by atoms with Crippen LogP contribution < -0.4 is 15.0 Å². The smallest absolute Gasteiger partial charge is 0.204 e. The van der Waals surface area contributed by atoms with Gasteiger partial charge in [-0.25, -0.2) is 27.2 Å². The molecule has 0 amide bonds. The Balaban J connectivity index is 1.42. The summed E-state index contributed by atoms with van der Waals surface area (Å²) in [6.45, 7) is 6.77. The lowest BCUT2D eigenvalue weighted by molar-refractivity contribution is 0.228. The van der Waals surface area contributed by atoms with Crippen molar-refractivity contribution in [3.8, 4) is 11.8 Å². The molecule has 2 N–H and O–H groups in total. The Hall–Kier alpha value is -4.30. The number of likely N-dealkylation sites (N-methyl/N-ethyl adjacent to an activating group) is 1. The molecule has 1 saturated heterocycles. The SMILES string of the molecule is COc1c(Nc2cc(C)[nH]n2)nc(Sc2ccc(S(=O)(=O)Cc3cccc(C#N)c3F)cc2F)nc1N1CCN(CCN(C)C)CC1. The Labute approximate surface area is 276 Å². The van der Waals surface area contributed by atoms with Crippen molar-refractivity contribution in [3.63, 3.8) is 0 Å². The van der Waals surface area contributed by atoms with Crippen molar-refractivity contribution in [2.24, 2.45) is 0 Å². The summed E-state index contributed by atoms with van der Waals surface area (Å²) in [6.07, 6.45) is 0. The van der Waals surface area contributed by atoms with Crippen LogP contribution in [-0.2, 0) is 15.6 Å². The Morgan fingerprint density at radius 2 is 1.89 bits per heavy atom. The van der Waals surface area contributed by atoms with E-state index < -0.39 is 27.2 Å². The number of nitriles is 1. The number of aromatic nitrogens is 4. The van der Waals surface area contributed by atoms with Gasteiger partial charge in [0.25, 0.3) is 0 Å². The van der Waals surface area contributed by atoms with Crippen LogP contribution in [0.3, 0.4) is 0 Å². The molecule has 0 radical (unpaired) electrons. The molecule has 3 heterocycles. The summed E-state index contributed by atoms with van der Waals surface area (Å²) in [7, 11) is 1.49. The summed E-state index contributed by atoms with van der Waals surface area (Å²) in [5.74, 6) is -0.664. The zero-order chi connectivity index (χ0) is 33.7. The maximum absolute atomic E-state index is 15.5. The number of hydrogen-bond acceptors (Lipinski definition) is 12. The highest BCUT2D eigenvalue weighted by atomic mass is 32.2. The summed E-state index contributed by atoms with van der Waals surface area (Å²) in [5, 5.41) is 19.6. The first-order chi connectivity index (χ1) is 22.5. The molecule has 0 unspecified atom stereocenters. The van der Waals surface area contributed by atoms with E-state index in [2.05, 4.69) is 35.2 Å². The van der Waals surface area contributed by atoms with Crippen LogP contribution >= 0.6 is 11.8 Å². The van der Waals surface area contributed by atoms with Gasteiger partial charge in [0.05, 0.1) is 28.2 Å². The highest BCUT2D eigenvalue weighted by Crippen LogP contribution is 2.39. The maximum atomic E-state index is 15.5. The number of aryl methyl sites for hydroxylation is 1. The zero-order valence-electron chi connectivity index (χ0n) is 26.4. The van der Waals surface area contributed by atoms with E-state index in [1.807, 2.05) is 21.0 Å². The molecular formula is C31H35F2N9O3S2. The minimum Gasteiger partial charge on any atom is -0.490 e. The number of sulfone groups is 1. The Kier molecular flexibility index (Phi) is 10.6. The molecular weight excluding hydrogens is 649 g/mol. The molecule has 12 nitrogen and oxygen atoms in total. The second-order valence-electron chi connectivity index (χ2n) is 11.2. The number of benzene rings is 2. The number of nitrogens with one attached hydrogen (secondary N) is 2. The van der Waals surface area contributed by atoms with Gasteiger partial charge >= 0.3 is 0 Å². The van der Waals surface area contributed by atoms with Gasteiger partial charge in [0.1, 0.15) is 17.7 Å².